The van der Waals surface area contributed by atoms with Gasteiger partial charge in [-0.25, -0.2) is 9.59 Å². The molecule has 0 aromatic carbocycles. The summed E-state index contributed by atoms with van der Waals surface area (Å²) in [5.74, 6) is -1.09. The van der Waals surface area contributed by atoms with Gasteiger partial charge in [0.2, 0.25) is 0 Å². The quantitative estimate of drug-likeness (QED) is 0.781. The molecule has 0 radical (unpaired) electrons. The highest BCUT2D eigenvalue weighted by molar-refractivity contribution is 5.77. The Morgan fingerprint density at radius 2 is 1.90 bits per heavy atom. The fraction of sp³-hybridized carbons (Fsp3) is 0.538. The lowest BCUT2D eigenvalue weighted by Gasteiger charge is -2.20. The molecule has 0 bridgehead atoms. The van der Waals surface area contributed by atoms with Crippen molar-refractivity contribution >= 4 is 11.8 Å². The minimum Gasteiger partial charge on any atom is -0.480 e. The third kappa shape index (κ3) is 3.31. The van der Waals surface area contributed by atoms with E-state index in [1.165, 1.54) is 14.1 Å². The van der Waals surface area contributed by atoms with Gasteiger partial charge in [0, 0.05) is 14.1 Å². The molecule has 0 aliphatic carbocycles. The van der Waals surface area contributed by atoms with Gasteiger partial charge >= 0.3 is 11.7 Å². The summed E-state index contributed by atoms with van der Waals surface area (Å²) in [7, 11) is 2.64. The Kier molecular flexibility index (Phi) is 4.92. The fourth-order valence-electron chi connectivity index (χ4n) is 1.97. The number of aliphatic carboxylic acids is 1. The average molecular weight is 294 g/mol. The maximum absolute atomic E-state index is 11.9. The number of rotatable bonds is 5. The van der Waals surface area contributed by atoms with E-state index in [1.807, 2.05) is 13.8 Å². The molecule has 0 amide bonds. The molecule has 0 saturated heterocycles. The first-order chi connectivity index (χ1) is 9.70. The van der Waals surface area contributed by atoms with Gasteiger partial charge in [-0.3, -0.25) is 13.9 Å². The predicted octanol–water partition coefficient (Wildman–Crippen LogP) is -0.133. The molecule has 2 N–H and O–H groups in total. The molecule has 21 heavy (non-hydrogen) atoms. The molecule has 0 aliphatic heterocycles. The molecule has 0 fully saturated rings. The number of nitrogens with one attached hydrogen (secondary N) is 1. The zero-order chi connectivity index (χ0) is 16.3. The van der Waals surface area contributed by atoms with E-state index in [4.69, 9.17) is 5.26 Å². The molecular weight excluding hydrogens is 276 g/mol. The lowest BCUT2D eigenvalue weighted by molar-refractivity contribution is -0.138. The number of nitrogens with zero attached hydrogens (tertiary/aromatic N) is 3. The van der Waals surface area contributed by atoms with Gasteiger partial charge in [-0.05, 0) is 12.3 Å². The van der Waals surface area contributed by atoms with E-state index < -0.39 is 23.3 Å². The summed E-state index contributed by atoms with van der Waals surface area (Å²) in [6.07, 6.45) is 0.295. The van der Waals surface area contributed by atoms with E-state index in [2.05, 4.69) is 5.32 Å². The lowest BCUT2D eigenvalue weighted by atomic mass is 10.0. The van der Waals surface area contributed by atoms with Gasteiger partial charge < -0.3 is 10.4 Å². The monoisotopic (exact) mass is 294 g/mol. The van der Waals surface area contributed by atoms with E-state index in [0.29, 0.717) is 6.42 Å². The Labute approximate surface area is 121 Å². The third-order valence-electron chi connectivity index (χ3n) is 3.09. The second-order valence-corrected chi connectivity index (χ2v) is 5.21. The number of carboxylic acids is 1. The van der Waals surface area contributed by atoms with Crippen LogP contribution in [0.2, 0.25) is 0 Å². The second-order valence-electron chi connectivity index (χ2n) is 5.21. The lowest BCUT2D eigenvalue weighted by Crippen LogP contribution is -2.42. The van der Waals surface area contributed by atoms with Crippen LogP contribution in [0, 0.1) is 17.2 Å². The molecule has 1 aromatic heterocycles. The molecule has 1 heterocycles. The normalized spacial score (nSPS) is 12.0. The maximum Gasteiger partial charge on any atom is 0.332 e. The summed E-state index contributed by atoms with van der Waals surface area (Å²) in [4.78, 5) is 35.1. The third-order valence-corrected chi connectivity index (χ3v) is 3.09. The number of carboxylic acid groups (broad SMARTS) is 1. The van der Waals surface area contributed by atoms with Crippen molar-refractivity contribution in [3.05, 3.63) is 26.4 Å². The highest BCUT2D eigenvalue weighted by Gasteiger charge is 2.23. The van der Waals surface area contributed by atoms with Crippen molar-refractivity contribution < 1.29 is 9.90 Å². The van der Waals surface area contributed by atoms with Crippen LogP contribution >= 0.6 is 0 Å². The van der Waals surface area contributed by atoms with Gasteiger partial charge in [0.05, 0.1) is 0 Å². The van der Waals surface area contributed by atoms with Crippen molar-refractivity contribution in [2.45, 2.75) is 26.3 Å². The van der Waals surface area contributed by atoms with Crippen molar-refractivity contribution in [3.63, 3.8) is 0 Å². The van der Waals surface area contributed by atoms with Crippen LogP contribution in [0.25, 0.3) is 0 Å². The van der Waals surface area contributed by atoms with Crippen molar-refractivity contribution in [1.29, 1.82) is 5.26 Å². The Morgan fingerprint density at radius 3 is 2.33 bits per heavy atom. The van der Waals surface area contributed by atoms with Crippen molar-refractivity contribution in [2.24, 2.45) is 20.0 Å². The minimum absolute atomic E-state index is 0.0707. The number of carbonyl (C=O) groups is 1. The second kappa shape index (κ2) is 6.26. The molecule has 0 spiro atoms. The Morgan fingerprint density at radius 1 is 1.33 bits per heavy atom. The van der Waals surface area contributed by atoms with Gasteiger partial charge in [-0.15, -0.1) is 0 Å². The summed E-state index contributed by atoms with van der Waals surface area (Å²) in [5, 5.41) is 21.0. The van der Waals surface area contributed by atoms with Crippen molar-refractivity contribution in [2.75, 3.05) is 5.32 Å². The van der Waals surface area contributed by atoms with Gasteiger partial charge in [-0.1, -0.05) is 13.8 Å². The SMILES string of the molecule is CC(C)C[C@H](Nc1c(C#N)c(=O)n(C)c(=O)n1C)C(=O)O. The van der Waals surface area contributed by atoms with Gasteiger partial charge in [-0.2, -0.15) is 5.26 Å². The Hall–Kier alpha value is -2.56. The van der Waals surface area contributed by atoms with Crippen LogP contribution in [0.15, 0.2) is 9.59 Å². The Balaban J connectivity index is 3.43. The topological polar surface area (TPSA) is 117 Å². The molecule has 1 rings (SSSR count). The van der Waals surface area contributed by atoms with Crippen LogP contribution < -0.4 is 16.6 Å². The van der Waals surface area contributed by atoms with Crippen molar-refractivity contribution in [1.82, 2.24) is 9.13 Å². The average Bonchev–Trinajstić information content (AvgIpc) is 2.41. The first kappa shape index (κ1) is 16.5. The smallest absolute Gasteiger partial charge is 0.332 e. The molecular formula is C13H18N4O4. The minimum atomic E-state index is -1.11. The number of anilines is 1. The molecule has 0 unspecified atom stereocenters. The van der Waals surface area contributed by atoms with Gasteiger partial charge in [0.25, 0.3) is 5.56 Å². The predicted molar refractivity (Wildman–Crippen MR) is 76.1 cm³/mol. The largest absolute Gasteiger partial charge is 0.480 e. The standard InChI is InChI=1S/C13H18N4O4/c1-7(2)5-9(12(19)20)15-10-8(6-14)11(18)17(4)13(21)16(10)3/h7,9,15H,5H2,1-4H3,(H,19,20)/t9-/m0/s1. The van der Waals surface area contributed by atoms with Crippen LogP contribution in [-0.2, 0) is 18.9 Å². The molecule has 0 saturated carbocycles. The molecule has 1 atom stereocenters. The molecule has 114 valence electrons. The molecule has 8 nitrogen and oxygen atoms in total. The summed E-state index contributed by atoms with van der Waals surface area (Å²) in [6, 6.07) is 0.731. The van der Waals surface area contributed by atoms with Crippen LogP contribution in [0.4, 0.5) is 5.82 Å². The maximum atomic E-state index is 11.9. The van der Waals surface area contributed by atoms with E-state index in [-0.39, 0.29) is 17.3 Å². The number of nitriles is 1. The van der Waals surface area contributed by atoms with E-state index >= 15 is 0 Å². The number of aromatic nitrogens is 2. The molecule has 0 aliphatic rings. The van der Waals surface area contributed by atoms with Crippen LogP contribution in [0.1, 0.15) is 25.8 Å². The summed E-state index contributed by atoms with van der Waals surface area (Å²) < 4.78 is 1.87. The van der Waals surface area contributed by atoms with E-state index in [0.717, 1.165) is 9.13 Å². The zero-order valence-electron chi connectivity index (χ0n) is 12.4. The highest BCUT2D eigenvalue weighted by Crippen LogP contribution is 2.14. The number of hydrogen-bond acceptors (Lipinski definition) is 5. The molecule has 8 heteroatoms. The zero-order valence-corrected chi connectivity index (χ0v) is 12.4. The van der Waals surface area contributed by atoms with E-state index in [9.17, 15) is 19.5 Å². The van der Waals surface area contributed by atoms with Crippen LogP contribution in [0.5, 0.6) is 0 Å². The highest BCUT2D eigenvalue weighted by atomic mass is 16.4. The van der Waals surface area contributed by atoms with Crippen molar-refractivity contribution in [3.8, 4) is 6.07 Å². The van der Waals surface area contributed by atoms with E-state index in [1.54, 1.807) is 6.07 Å². The summed E-state index contributed by atoms with van der Waals surface area (Å²) in [6.45, 7) is 3.71. The Bertz CT molecular complexity index is 709. The first-order valence-electron chi connectivity index (χ1n) is 6.40. The van der Waals surface area contributed by atoms with Crippen LogP contribution in [0.3, 0.4) is 0 Å². The fourth-order valence-corrected chi connectivity index (χ4v) is 1.97. The van der Waals surface area contributed by atoms with Gasteiger partial charge in [0.15, 0.2) is 5.56 Å². The van der Waals surface area contributed by atoms with Gasteiger partial charge in [0.1, 0.15) is 17.9 Å². The summed E-state index contributed by atoms with van der Waals surface area (Å²) in [5.41, 5.74) is -1.67. The first-order valence-corrected chi connectivity index (χ1v) is 6.40. The molecule has 1 aromatic rings. The summed E-state index contributed by atoms with van der Waals surface area (Å²) >= 11 is 0. The van der Waals surface area contributed by atoms with Crippen LogP contribution in [-0.4, -0.2) is 26.3 Å². The number of hydrogen-bond donors (Lipinski definition) is 2.